The highest BCUT2D eigenvalue weighted by molar-refractivity contribution is 6.30. The molecule has 0 spiro atoms. The second-order valence-electron chi connectivity index (χ2n) is 8.11. The number of aromatic carboxylic acids is 1. The molecule has 0 radical (unpaired) electrons. The summed E-state index contributed by atoms with van der Waals surface area (Å²) in [6.45, 7) is 4.56. The Bertz CT molecular complexity index is 1320. The van der Waals surface area contributed by atoms with E-state index >= 15 is 0 Å². The quantitative estimate of drug-likeness (QED) is 0.337. The summed E-state index contributed by atoms with van der Waals surface area (Å²) in [7, 11) is 0. The summed E-state index contributed by atoms with van der Waals surface area (Å²) in [4.78, 5) is 11.4. The summed E-state index contributed by atoms with van der Waals surface area (Å²) in [5, 5.41) is 22.3. The number of carbonyl (C=O) groups is 1. The van der Waals surface area contributed by atoms with Gasteiger partial charge in [-0.1, -0.05) is 74.0 Å². The van der Waals surface area contributed by atoms with Crippen molar-refractivity contribution in [1.29, 1.82) is 0 Å². The van der Waals surface area contributed by atoms with E-state index in [1.165, 1.54) is 0 Å². The lowest BCUT2D eigenvalue weighted by Crippen LogP contribution is -2.02. The first-order valence-electron chi connectivity index (χ1n) is 10.4. The highest BCUT2D eigenvalue weighted by Crippen LogP contribution is 2.40. The van der Waals surface area contributed by atoms with Crippen LogP contribution in [0.2, 0.25) is 5.02 Å². The number of carboxylic acids is 1. The minimum absolute atomic E-state index is 0.158. The fraction of sp³-hybridized carbons (Fsp3) is 0.148. The third-order valence-electron chi connectivity index (χ3n) is 5.56. The Morgan fingerprint density at radius 1 is 1.03 bits per heavy atom. The molecule has 0 bridgehead atoms. The van der Waals surface area contributed by atoms with Gasteiger partial charge in [0.25, 0.3) is 0 Å². The predicted octanol–water partition coefficient (Wildman–Crippen LogP) is 6.94. The van der Waals surface area contributed by atoms with Gasteiger partial charge in [0, 0.05) is 16.0 Å². The molecule has 3 aromatic carbocycles. The number of aromatic hydroxyl groups is 1. The Balaban J connectivity index is 1.87. The number of halogens is 1. The van der Waals surface area contributed by atoms with E-state index in [2.05, 4.69) is 19.9 Å². The number of para-hydroxylation sites is 1. The molecule has 0 aliphatic carbocycles. The van der Waals surface area contributed by atoms with E-state index < -0.39 is 5.97 Å². The van der Waals surface area contributed by atoms with Gasteiger partial charge in [0.1, 0.15) is 0 Å². The largest absolute Gasteiger partial charge is 0.494 e. The van der Waals surface area contributed by atoms with Crippen LogP contribution in [-0.2, 0) is 6.54 Å². The average molecular weight is 446 g/mol. The topological polar surface area (TPSA) is 62.5 Å². The molecule has 4 aromatic rings. The lowest BCUT2D eigenvalue weighted by molar-refractivity contribution is 0.0696. The number of hydrogen-bond acceptors (Lipinski definition) is 2. The fourth-order valence-corrected chi connectivity index (χ4v) is 4.11. The van der Waals surface area contributed by atoms with Crippen LogP contribution in [0.5, 0.6) is 5.88 Å². The highest BCUT2D eigenvalue weighted by atomic mass is 35.5. The molecule has 0 aliphatic heterocycles. The zero-order valence-electron chi connectivity index (χ0n) is 17.9. The summed E-state index contributed by atoms with van der Waals surface area (Å²) in [5.41, 5.74) is 4.73. The van der Waals surface area contributed by atoms with Crippen LogP contribution in [0.25, 0.3) is 22.6 Å². The molecule has 2 N–H and O–H groups in total. The van der Waals surface area contributed by atoms with E-state index in [4.69, 9.17) is 11.6 Å². The van der Waals surface area contributed by atoms with E-state index in [9.17, 15) is 15.0 Å². The minimum atomic E-state index is -0.970. The minimum Gasteiger partial charge on any atom is -0.494 e. The number of rotatable bonds is 6. The maximum absolute atomic E-state index is 11.4. The molecule has 0 saturated carbocycles. The zero-order chi connectivity index (χ0) is 22.8. The highest BCUT2D eigenvalue weighted by Gasteiger charge is 2.21. The molecule has 4 nitrogen and oxygen atoms in total. The van der Waals surface area contributed by atoms with Crippen molar-refractivity contribution in [2.24, 2.45) is 5.92 Å². The van der Waals surface area contributed by atoms with E-state index in [0.717, 1.165) is 33.2 Å². The number of benzene rings is 3. The SMILES string of the molecule is CC(C)C(=Cc1ccc(Cl)cc1)c1c(O)n(Cc2cccc(C(=O)O)c2)c2ccccc12. The van der Waals surface area contributed by atoms with Gasteiger partial charge in [-0.2, -0.15) is 0 Å². The molecule has 0 unspecified atom stereocenters. The van der Waals surface area contributed by atoms with Gasteiger partial charge in [0.15, 0.2) is 5.88 Å². The van der Waals surface area contributed by atoms with Gasteiger partial charge in [0.2, 0.25) is 0 Å². The molecule has 1 heterocycles. The van der Waals surface area contributed by atoms with Gasteiger partial charge in [-0.05, 0) is 52.9 Å². The first-order chi connectivity index (χ1) is 15.3. The van der Waals surface area contributed by atoms with Crippen molar-refractivity contribution < 1.29 is 15.0 Å². The number of aromatic nitrogens is 1. The molecule has 4 rings (SSSR count). The van der Waals surface area contributed by atoms with Gasteiger partial charge in [0.05, 0.1) is 17.6 Å². The fourth-order valence-electron chi connectivity index (χ4n) is 3.99. The first-order valence-corrected chi connectivity index (χ1v) is 10.8. The van der Waals surface area contributed by atoms with Crippen molar-refractivity contribution in [3.8, 4) is 5.88 Å². The summed E-state index contributed by atoms with van der Waals surface area (Å²) >= 11 is 6.04. The molecule has 0 aliphatic rings. The third-order valence-corrected chi connectivity index (χ3v) is 5.81. The Kier molecular flexibility index (Phi) is 6.06. The van der Waals surface area contributed by atoms with Crippen LogP contribution in [0.3, 0.4) is 0 Å². The first kappa shape index (κ1) is 21.7. The number of nitrogens with zero attached hydrogens (tertiary/aromatic N) is 1. The summed E-state index contributed by atoms with van der Waals surface area (Å²) < 4.78 is 1.84. The number of carboxylic acid groups (broad SMARTS) is 1. The van der Waals surface area contributed by atoms with Gasteiger partial charge in [-0.3, -0.25) is 0 Å². The molecular formula is C27H24ClNO3. The molecule has 0 amide bonds. The summed E-state index contributed by atoms with van der Waals surface area (Å²) in [6, 6.07) is 22.3. The molecule has 5 heteroatoms. The normalized spacial score (nSPS) is 11.9. The average Bonchev–Trinajstić information content (AvgIpc) is 3.05. The predicted molar refractivity (Wildman–Crippen MR) is 130 cm³/mol. The van der Waals surface area contributed by atoms with E-state index in [0.29, 0.717) is 11.6 Å². The van der Waals surface area contributed by atoms with Crippen molar-refractivity contribution in [1.82, 2.24) is 4.57 Å². The smallest absolute Gasteiger partial charge is 0.335 e. The molecule has 0 saturated heterocycles. The Labute approximate surface area is 192 Å². The van der Waals surface area contributed by atoms with Crippen molar-refractivity contribution in [2.75, 3.05) is 0 Å². The molecule has 0 atom stereocenters. The van der Waals surface area contributed by atoms with Gasteiger partial charge in [-0.25, -0.2) is 4.79 Å². The van der Waals surface area contributed by atoms with E-state index in [-0.39, 0.29) is 17.4 Å². The summed E-state index contributed by atoms with van der Waals surface area (Å²) in [5.74, 6) is -0.644. The van der Waals surface area contributed by atoms with Crippen molar-refractivity contribution in [3.05, 3.63) is 100 Å². The number of hydrogen-bond donors (Lipinski definition) is 2. The molecule has 1 aromatic heterocycles. The van der Waals surface area contributed by atoms with Crippen LogP contribution in [0.4, 0.5) is 0 Å². The van der Waals surface area contributed by atoms with Crippen molar-refractivity contribution in [2.45, 2.75) is 20.4 Å². The van der Waals surface area contributed by atoms with Crippen molar-refractivity contribution in [3.63, 3.8) is 0 Å². The van der Waals surface area contributed by atoms with Crippen LogP contribution < -0.4 is 0 Å². The van der Waals surface area contributed by atoms with Crippen molar-refractivity contribution >= 4 is 40.1 Å². The zero-order valence-corrected chi connectivity index (χ0v) is 18.7. The second kappa shape index (κ2) is 8.93. The number of allylic oxidation sites excluding steroid dienone is 1. The van der Waals surface area contributed by atoms with Gasteiger partial charge in [-0.15, -0.1) is 0 Å². The Morgan fingerprint density at radius 3 is 2.44 bits per heavy atom. The second-order valence-corrected chi connectivity index (χ2v) is 8.55. The van der Waals surface area contributed by atoms with Crippen LogP contribution in [0.1, 0.15) is 40.9 Å². The van der Waals surface area contributed by atoms with Gasteiger partial charge < -0.3 is 14.8 Å². The Morgan fingerprint density at radius 2 is 1.75 bits per heavy atom. The standard InChI is InChI=1S/C27H24ClNO3/c1-17(2)23(15-18-10-12-21(28)13-11-18)25-22-8-3-4-9-24(22)29(26(25)30)16-19-6-5-7-20(14-19)27(31)32/h3-15,17,30H,16H2,1-2H3,(H,31,32). The molecule has 162 valence electrons. The monoisotopic (exact) mass is 445 g/mol. The summed E-state index contributed by atoms with van der Waals surface area (Å²) in [6.07, 6.45) is 2.08. The molecule has 0 fully saturated rings. The van der Waals surface area contributed by atoms with Gasteiger partial charge >= 0.3 is 5.97 Å². The van der Waals surface area contributed by atoms with Crippen LogP contribution in [0, 0.1) is 5.92 Å². The molecule has 32 heavy (non-hydrogen) atoms. The molecular weight excluding hydrogens is 422 g/mol. The van der Waals surface area contributed by atoms with Crippen LogP contribution >= 0.6 is 11.6 Å². The maximum atomic E-state index is 11.4. The third kappa shape index (κ3) is 4.27. The number of fused-ring (bicyclic) bond motifs is 1. The van der Waals surface area contributed by atoms with Crippen LogP contribution in [0.15, 0.2) is 72.8 Å². The maximum Gasteiger partial charge on any atom is 0.335 e. The van der Waals surface area contributed by atoms with E-state index in [1.54, 1.807) is 18.2 Å². The lowest BCUT2D eigenvalue weighted by atomic mass is 9.92. The Hall–Kier alpha value is -3.50. The lowest BCUT2D eigenvalue weighted by Gasteiger charge is -2.13. The van der Waals surface area contributed by atoms with E-state index in [1.807, 2.05) is 59.2 Å². The van der Waals surface area contributed by atoms with Crippen LogP contribution in [-0.4, -0.2) is 20.7 Å².